The van der Waals surface area contributed by atoms with Gasteiger partial charge in [0.25, 0.3) is 0 Å². The van der Waals surface area contributed by atoms with Crippen molar-refractivity contribution >= 4 is 21.7 Å². The molecule has 4 rings (SSSR count). The zero-order valence-electron chi connectivity index (χ0n) is 9.33. The van der Waals surface area contributed by atoms with Crippen LogP contribution in [0.2, 0.25) is 0 Å². The van der Waals surface area contributed by atoms with Crippen LogP contribution in [0, 0.1) is 17.8 Å². The van der Waals surface area contributed by atoms with Crippen LogP contribution in [0.3, 0.4) is 0 Å². The van der Waals surface area contributed by atoms with Gasteiger partial charge in [0.2, 0.25) is 0 Å². The normalized spacial score (nSPS) is 42.5. The summed E-state index contributed by atoms with van der Waals surface area (Å²) in [6.07, 6.45) is 5.60. The molecule has 0 radical (unpaired) electrons. The van der Waals surface area contributed by atoms with Crippen LogP contribution in [0.4, 0.5) is 5.82 Å². The Hall–Kier alpha value is -0.680. The Morgan fingerprint density at radius 2 is 2.24 bits per heavy atom. The van der Waals surface area contributed by atoms with E-state index in [4.69, 9.17) is 0 Å². The number of hydrogen-bond acceptors (Lipinski definition) is 4. The highest BCUT2D eigenvalue weighted by Crippen LogP contribution is 2.55. The van der Waals surface area contributed by atoms with Gasteiger partial charge in [-0.3, -0.25) is 0 Å². The van der Waals surface area contributed by atoms with Crippen molar-refractivity contribution in [2.45, 2.75) is 25.0 Å². The van der Waals surface area contributed by atoms with E-state index >= 15 is 0 Å². The Kier molecular flexibility index (Phi) is 2.06. The van der Waals surface area contributed by atoms with Crippen LogP contribution in [0.25, 0.3) is 0 Å². The number of aliphatic hydroxyl groups is 1. The van der Waals surface area contributed by atoms with Gasteiger partial charge in [-0.2, -0.15) is 0 Å². The third kappa shape index (κ3) is 1.27. The first kappa shape index (κ1) is 10.3. The molecule has 0 amide bonds. The number of halogens is 1. The highest BCUT2D eigenvalue weighted by molar-refractivity contribution is 9.10. The van der Waals surface area contributed by atoms with E-state index < -0.39 is 0 Å². The minimum Gasteiger partial charge on any atom is -0.391 e. The number of rotatable bonds is 1. The number of anilines is 1. The predicted octanol–water partition coefficient (Wildman–Crippen LogP) is 1.44. The lowest BCUT2D eigenvalue weighted by Crippen LogP contribution is -2.41. The molecule has 2 heterocycles. The number of fused-ring (bicyclic) bond motifs is 1. The van der Waals surface area contributed by atoms with Gasteiger partial charge in [-0.1, -0.05) is 0 Å². The summed E-state index contributed by atoms with van der Waals surface area (Å²) >= 11 is 3.51. The molecule has 3 fully saturated rings. The minimum absolute atomic E-state index is 0.166. The highest BCUT2D eigenvalue weighted by atomic mass is 79.9. The van der Waals surface area contributed by atoms with Crippen LogP contribution in [-0.2, 0) is 0 Å². The number of aromatic nitrogens is 2. The third-order valence-electron chi connectivity index (χ3n) is 4.77. The highest BCUT2D eigenvalue weighted by Gasteiger charge is 2.59. The summed E-state index contributed by atoms with van der Waals surface area (Å²) in [4.78, 5) is 10.7. The van der Waals surface area contributed by atoms with E-state index in [1.807, 2.05) is 0 Å². The first-order valence-electron chi connectivity index (χ1n) is 6.16. The molecular formula is C12H14BrN3O. The van der Waals surface area contributed by atoms with E-state index in [9.17, 15) is 5.11 Å². The summed E-state index contributed by atoms with van der Waals surface area (Å²) < 4.78 is 0.928. The van der Waals surface area contributed by atoms with Gasteiger partial charge >= 0.3 is 0 Å². The van der Waals surface area contributed by atoms with E-state index in [0.29, 0.717) is 11.8 Å². The molecule has 1 N–H and O–H groups in total. The molecule has 2 bridgehead atoms. The van der Waals surface area contributed by atoms with Crippen LogP contribution >= 0.6 is 15.9 Å². The van der Waals surface area contributed by atoms with Crippen molar-refractivity contribution in [3.05, 3.63) is 17.0 Å². The van der Waals surface area contributed by atoms with Crippen molar-refractivity contribution in [3.63, 3.8) is 0 Å². The fourth-order valence-corrected chi connectivity index (χ4v) is 4.62. The predicted molar refractivity (Wildman–Crippen MR) is 66.6 cm³/mol. The van der Waals surface area contributed by atoms with Gasteiger partial charge in [-0.15, -0.1) is 0 Å². The standard InChI is InChI=1S/C12H14BrN3O/c13-9-3-14-5-15-12(9)16-4-7-1-6-2-8(7)10(16)11(6)17/h3,5-8,10-11,17H,1-2,4H2. The molecule has 5 heteroatoms. The molecule has 5 atom stereocenters. The number of aliphatic hydroxyl groups excluding tert-OH is 1. The Morgan fingerprint density at radius 1 is 1.35 bits per heavy atom. The maximum absolute atomic E-state index is 10.3. The average Bonchev–Trinajstić information content (AvgIpc) is 2.90. The maximum Gasteiger partial charge on any atom is 0.146 e. The van der Waals surface area contributed by atoms with Crippen LogP contribution in [0.1, 0.15) is 12.8 Å². The van der Waals surface area contributed by atoms with Gasteiger partial charge in [-0.05, 0) is 46.5 Å². The molecule has 0 spiro atoms. The van der Waals surface area contributed by atoms with Gasteiger partial charge in [0, 0.05) is 12.7 Å². The summed E-state index contributed by atoms with van der Waals surface area (Å²) in [5.74, 6) is 2.91. The van der Waals surface area contributed by atoms with Gasteiger partial charge in [-0.25, -0.2) is 9.97 Å². The van der Waals surface area contributed by atoms with Gasteiger partial charge in [0.15, 0.2) is 0 Å². The van der Waals surface area contributed by atoms with E-state index in [0.717, 1.165) is 22.8 Å². The molecule has 1 aromatic heterocycles. The summed E-state index contributed by atoms with van der Waals surface area (Å²) in [6, 6.07) is 0.282. The molecule has 0 aromatic carbocycles. The fourth-order valence-electron chi connectivity index (χ4n) is 4.18. The Bertz CT molecular complexity index is 467. The summed E-state index contributed by atoms with van der Waals surface area (Å²) in [7, 11) is 0. The first-order valence-corrected chi connectivity index (χ1v) is 6.95. The molecule has 3 aliphatic rings. The van der Waals surface area contributed by atoms with Gasteiger partial charge in [0.1, 0.15) is 12.1 Å². The molecule has 1 saturated heterocycles. The second-order valence-corrected chi connectivity index (χ2v) is 6.34. The van der Waals surface area contributed by atoms with Crippen LogP contribution in [0.15, 0.2) is 17.0 Å². The summed E-state index contributed by atoms with van der Waals surface area (Å²) in [6.45, 7) is 1.04. The molecule has 4 nitrogen and oxygen atoms in total. The molecule has 90 valence electrons. The monoisotopic (exact) mass is 295 g/mol. The zero-order valence-corrected chi connectivity index (χ0v) is 10.9. The summed E-state index contributed by atoms with van der Waals surface area (Å²) in [5, 5.41) is 10.3. The minimum atomic E-state index is -0.166. The molecule has 2 saturated carbocycles. The quantitative estimate of drug-likeness (QED) is 0.852. The molecule has 5 unspecified atom stereocenters. The van der Waals surface area contributed by atoms with E-state index in [1.165, 1.54) is 12.8 Å². The maximum atomic E-state index is 10.3. The summed E-state index contributed by atoms with van der Waals surface area (Å²) in [5.41, 5.74) is 0. The third-order valence-corrected chi connectivity index (χ3v) is 5.33. The molecular weight excluding hydrogens is 282 g/mol. The van der Waals surface area contributed by atoms with E-state index in [1.54, 1.807) is 12.5 Å². The van der Waals surface area contributed by atoms with Crippen molar-refractivity contribution in [3.8, 4) is 0 Å². The average molecular weight is 296 g/mol. The smallest absolute Gasteiger partial charge is 0.146 e. The second kappa shape index (κ2) is 3.42. The van der Waals surface area contributed by atoms with Crippen molar-refractivity contribution in [2.24, 2.45) is 17.8 Å². The Morgan fingerprint density at radius 3 is 3.00 bits per heavy atom. The molecule has 1 aromatic rings. The topological polar surface area (TPSA) is 49.2 Å². The zero-order chi connectivity index (χ0) is 11.6. The largest absolute Gasteiger partial charge is 0.391 e. The Labute approximate surface area is 108 Å². The lowest BCUT2D eigenvalue weighted by atomic mass is 9.88. The van der Waals surface area contributed by atoms with Gasteiger partial charge < -0.3 is 10.0 Å². The number of nitrogens with zero attached hydrogens (tertiary/aromatic N) is 3. The molecule has 2 aliphatic carbocycles. The lowest BCUT2D eigenvalue weighted by Gasteiger charge is -2.29. The van der Waals surface area contributed by atoms with E-state index in [-0.39, 0.29) is 12.1 Å². The first-order chi connectivity index (χ1) is 8.25. The SMILES string of the molecule is OC1C2CC3CN(c4ncncc4Br)C1C3C2. The lowest BCUT2D eigenvalue weighted by molar-refractivity contribution is 0.0965. The van der Waals surface area contributed by atoms with Crippen LogP contribution in [-0.4, -0.2) is 33.8 Å². The Balaban J connectivity index is 1.75. The second-order valence-electron chi connectivity index (χ2n) is 5.48. The number of hydrogen-bond donors (Lipinski definition) is 1. The van der Waals surface area contributed by atoms with Crippen molar-refractivity contribution in [1.29, 1.82) is 0 Å². The molecule has 1 aliphatic heterocycles. The van der Waals surface area contributed by atoms with Crippen molar-refractivity contribution < 1.29 is 5.11 Å². The molecule has 17 heavy (non-hydrogen) atoms. The van der Waals surface area contributed by atoms with Crippen molar-refractivity contribution in [1.82, 2.24) is 9.97 Å². The van der Waals surface area contributed by atoms with Gasteiger partial charge in [0.05, 0.1) is 16.6 Å². The fraction of sp³-hybridized carbons (Fsp3) is 0.667. The van der Waals surface area contributed by atoms with Crippen LogP contribution in [0.5, 0.6) is 0 Å². The van der Waals surface area contributed by atoms with Crippen LogP contribution < -0.4 is 4.90 Å². The van der Waals surface area contributed by atoms with Crippen molar-refractivity contribution in [2.75, 3.05) is 11.4 Å². The van der Waals surface area contributed by atoms with E-state index in [2.05, 4.69) is 30.8 Å².